The fourth-order valence-electron chi connectivity index (χ4n) is 2.08. The number of hydrogen-bond donors (Lipinski definition) is 1. The molecule has 1 aromatic carbocycles. The Morgan fingerprint density at radius 3 is 2.95 bits per heavy atom. The molecular weight excluding hydrogens is 345 g/mol. The van der Waals surface area contributed by atoms with Gasteiger partial charge in [0.1, 0.15) is 16.2 Å². The summed E-state index contributed by atoms with van der Waals surface area (Å²) >= 11 is 9.36. The number of aromatic amines is 1. The number of halogens is 3. The Morgan fingerprint density at radius 1 is 1.40 bits per heavy atom. The number of nitrogens with one attached hydrogen (secondary N) is 1. The summed E-state index contributed by atoms with van der Waals surface area (Å²) in [7, 11) is 0. The van der Waals surface area contributed by atoms with Crippen molar-refractivity contribution in [1.82, 2.24) is 9.97 Å². The number of aromatic nitrogens is 2. The molecule has 102 valence electrons. The van der Waals surface area contributed by atoms with Crippen LogP contribution in [0.3, 0.4) is 0 Å². The predicted molar refractivity (Wildman–Crippen MR) is 81.9 cm³/mol. The standard InChI is InChI=1S/C14H10BrClFN3/c15-12-5-4-8(6-18-12)11-7-19-14(20-11)13-9(16)2-1-3-10(13)17/h1-3,5-8H,4H2,(H,19,20). The van der Waals surface area contributed by atoms with Crippen molar-refractivity contribution in [3.05, 3.63) is 51.6 Å². The lowest BCUT2D eigenvalue weighted by molar-refractivity contribution is 0.630. The van der Waals surface area contributed by atoms with Crippen molar-refractivity contribution < 1.29 is 4.39 Å². The van der Waals surface area contributed by atoms with Crippen molar-refractivity contribution in [2.24, 2.45) is 4.99 Å². The van der Waals surface area contributed by atoms with Crippen LogP contribution in [0.15, 0.2) is 40.1 Å². The summed E-state index contributed by atoms with van der Waals surface area (Å²) in [5.74, 6) is 0.159. The van der Waals surface area contributed by atoms with E-state index in [0.29, 0.717) is 16.4 Å². The van der Waals surface area contributed by atoms with E-state index in [1.807, 2.05) is 12.3 Å². The number of hydrogen-bond acceptors (Lipinski definition) is 2. The van der Waals surface area contributed by atoms with Crippen LogP contribution in [-0.2, 0) is 0 Å². The predicted octanol–water partition coefficient (Wildman–Crippen LogP) is 4.66. The van der Waals surface area contributed by atoms with E-state index in [2.05, 4.69) is 30.9 Å². The van der Waals surface area contributed by atoms with Crippen LogP contribution in [0.25, 0.3) is 11.4 Å². The van der Waals surface area contributed by atoms with Gasteiger partial charge in [-0.3, -0.25) is 4.99 Å². The van der Waals surface area contributed by atoms with Crippen LogP contribution in [0.4, 0.5) is 4.39 Å². The van der Waals surface area contributed by atoms with Gasteiger partial charge in [0, 0.05) is 24.0 Å². The van der Waals surface area contributed by atoms with E-state index in [1.165, 1.54) is 6.07 Å². The molecule has 1 atom stereocenters. The van der Waals surface area contributed by atoms with Gasteiger partial charge in [0.15, 0.2) is 0 Å². The van der Waals surface area contributed by atoms with Gasteiger partial charge in [-0.15, -0.1) is 0 Å². The van der Waals surface area contributed by atoms with E-state index in [0.717, 1.165) is 16.7 Å². The van der Waals surface area contributed by atoms with Gasteiger partial charge in [0.25, 0.3) is 0 Å². The number of imidazole rings is 1. The first-order valence-corrected chi connectivity index (χ1v) is 7.21. The highest BCUT2D eigenvalue weighted by atomic mass is 79.9. The van der Waals surface area contributed by atoms with Crippen LogP contribution in [0.1, 0.15) is 18.0 Å². The second-order valence-electron chi connectivity index (χ2n) is 4.43. The lowest BCUT2D eigenvalue weighted by Gasteiger charge is -2.11. The molecule has 3 nitrogen and oxygen atoms in total. The third kappa shape index (κ3) is 2.55. The average molecular weight is 355 g/mol. The summed E-state index contributed by atoms with van der Waals surface area (Å²) in [5, 5.41) is 0.339. The van der Waals surface area contributed by atoms with Crippen LogP contribution in [0, 0.1) is 5.82 Å². The molecule has 0 saturated heterocycles. The lowest BCUT2D eigenvalue weighted by Crippen LogP contribution is -2.03. The van der Waals surface area contributed by atoms with Gasteiger partial charge in [-0.2, -0.15) is 0 Å². The minimum Gasteiger partial charge on any atom is -0.341 e. The summed E-state index contributed by atoms with van der Waals surface area (Å²) in [4.78, 5) is 11.6. The molecule has 2 heterocycles. The Morgan fingerprint density at radius 2 is 2.25 bits per heavy atom. The van der Waals surface area contributed by atoms with E-state index in [-0.39, 0.29) is 5.92 Å². The van der Waals surface area contributed by atoms with Crippen LogP contribution in [0.2, 0.25) is 5.02 Å². The van der Waals surface area contributed by atoms with E-state index in [4.69, 9.17) is 11.6 Å². The van der Waals surface area contributed by atoms with Crippen molar-refractivity contribution in [3.8, 4) is 11.4 Å². The quantitative estimate of drug-likeness (QED) is 0.783. The van der Waals surface area contributed by atoms with Gasteiger partial charge >= 0.3 is 0 Å². The monoisotopic (exact) mass is 353 g/mol. The molecule has 0 radical (unpaired) electrons. The molecule has 0 aliphatic carbocycles. The van der Waals surface area contributed by atoms with Crippen LogP contribution >= 0.6 is 27.5 Å². The van der Waals surface area contributed by atoms with Crippen molar-refractivity contribution in [2.45, 2.75) is 12.3 Å². The molecule has 0 bridgehead atoms. The normalized spacial score (nSPS) is 18.1. The van der Waals surface area contributed by atoms with Gasteiger partial charge in [0.2, 0.25) is 0 Å². The highest BCUT2D eigenvalue weighted by molar-refractivity contribution is 9.11. The molecule has 3 rings (SSSR count). The first-order valence-electron chi connectivity index (χ1n) is 6.04. The minimum atomic E-state index is -0.390. The molecule has 0 spiro atoms. The lowest BCUT2D eigenvalue weighted by atomic mass is 10.0. The van der Waals surface area contributed by atoms with Gasteiger partial charge < -0.3 is 4.98 Å². The van der Waals surface area contributed by atoms with Crippen molar-refractivity contribution >= 4 is 33.7 Å². The van der Waals surface area contributed by atoms with E-state index >= 15 is 0 Å². The van der Waals surface area contributed by atoms with Crippen LogP contribution < -0.4 is 0 Å². The first kappa shape index (κ1) is 13.5. The average Bonchev–Trinajstić information content (AvgIpc) is 2.89. The Balaban J connectivity index is 1.93. The van der Waals surface area contributed by atoms with Gasteiger partial charge in [-0.1, -0.05) is 23.7 Å². The Bertz CT molecular complexity index is 688. The summed E-state index contributed by atoms with van der Waals surface area (Å²) in [5.41, 5.74) is 1.18. The Labute approximate surface area is 128 Å². The maximum atomic E-state index is 13.9. The van der Waals surface area contributed by atoms with Gasteiger partial charge in [0.05, 0.1) is 10.6 Å². The molecule has 0 amide bonds. The van der Waals surface area contributed by atoms with Crippen molar-refractivity contribution in [3.63, 3.8) is 0 Å². The topological polar surface area (TPSA) is 41.0 Å². The zero-order valence-electron chi connectivity index (χ0n) is 10.3. The zero-order chi connectivity index (χ0) is 14.1. The number of aliphatic imine (C=N–C) groups is 1. The fraction of sp³-hybridized carbons (Fsp3) is 0.143. The molecule has 1 aromatic heterocycles. The van der Waals surface area contributed by atoms with E-state index in [1.54, 1.807) is 18.3 Å². The zero-order valence-corrected chi connectivity index (χ0v) is 12.6. The van der Waals surface area contributed by atoms with Crippen LogP contribution in [-0.4, -0.2) is 16.2 Å². The highest BCUT2D eigenvalue weighted by Gasteiger charge is 2.17. The molecular formula is C14H10BrClFN3. The first-order chi connectivity index (χ1) is 9.65. The maximum Gasteiger partial charge on any atom is 0.141 e. The van der Waals surface area contributed by atoms with Crippen LogP contribution in [0.5, 0.6) is 0 Å². The van der Waals surface area contributed by atoms with E-state index in [9.17, 15) is 4.39 Å². The summed E-state index contributed by atoms with van der Waals surface area (Å²) in [6.45, 7) is 0. The molecule has 1 unspecified atom stereocenters. The Kier molecular flexibility index (Phi) is 3.72. The Hall–Kier alpha value is -1.46. The molecule has 6 heteroatoms. The van der Waals surface area contributed by atoms with Crippen molar-refractivity contribution in [1.29, 1.82) is 0 Å². The second kappa shape index (κ2) is 5.50. The molecule has 1 aliphatic rings. The minimum absolute atomic E-state index is 0.114. The summed E-state index contributed by atoms with van der Waals surface area (Å²) < 4.78 is 14.7. The third-order valence-corrected chi connectivity index (χ3v) is 3.96. The molecule has 0 fully saturated rings. The van der Waals surface area contributed by atoms with Gasteiger partial charge in [-0.25, -0.2) is 9.37 Å². The van der Waals surface area contributed by atoms with E-state index < -0.39 is 5.82 Å². The molecule has 0 saturated carbocycles. The summed E-state index contributed by atoms with van der Waals surface area (Å²) in [6, 6.07) is 4.58. The SMILES string of the molecule is Fc1cccc(Cl)c1-c1ncc(C2C=NC(Br)=CC2)[nH]1. The van der Waals surface area contributed by atoms with Crippen molar-refractivity contribution in [2.75, 3.05) is 0 Å². The second-order valence-corrected chi connectivity index (χ2v) is 5.65. The number of H-pyrrole nitrogens is 1. The number of nitrogens with zero attached hydrogens (tertiary/aromatic N) is 2. The number of allylic oxidation sites excluding steroid dienone is 1. The largest absolute Gasteiger partial charge is 0.341 e. The number of rotatable bonds is 2. The highest BCUT2D eigenvalue weighted by Crippen LogP contribution is 2.30. The fourth-order valence-corrected chi connectivity index (χ4v) is 2.64. The maximum absolute atomic E-state index is 13.9. The third-order valence-electron chi connectivity index (χ3n) is 3.11. The van der Waals surface area contributed by atoms with Gasteiger partial charge in [-0.05, 0) is 34.5 Å². The molecule has 20 heavy (non-hydrogen) atoms. The smallest absolute Gasteiger partial charge is 0.141 e. The molecule has 1 N–H and O–H groups in total. The number of benzene rings is 1. The summed E-state index contributed by atoms with van der Waals surface area (Å²) in [6.07, 6.45) is 6.34. The molecule has 2 aromatic rings. The molecule has 1 aliphatic heterocycles.